The van der Waals surface area contributed by atoms with Crippen molar-refractivity contribution in [1.82, 2.24) is 4.31 Å². The summed E-state index contributed by atoms with van der Waals surface area (Å²) in [5.41, 5.74) is -0.365. The van der Waals surface area contributed by atoms with E-state index in [0.717, 1.165) is 12.8 Å². The van der Waals surface area contributed by atoms with Gasteiger partial charge in [0.05, 0.1) is 23.3 Å². The first-order chi connectivity index (χ1) is 8.45. The lowest BCUT2D eigenvalue weighted by molar-refractivity contribution is 0.125. The Morgan fingerprint density at radius 2 is 2.11 bits per heavy atom. The summed E-state index contributed by atoms with van der Waals surface area (Å²) >= 11 is 0. The zero-order chi connectivity index (χ0) is 13.2. The molecule has 2 saturated heterocycles. The number of rotatable bonds is 3. The highest BCUT2D eigenvalue weighted by molar-refractivity contribution is 7.89. The van der Waals surface area contributed by atoms with Gasteiger partial charge in [-0.3, -0.25) is 0 Å². The molecule has 5 nitrogen and oxygen atoms in total. The van der Waals surface area contributed by atoms with Crippen LogP contribution in [0.4, 0.5) is 0 Å². The molecule has 2 aliphatic rings. The van der Waals surface area contributed by atoms with Crippen LogP contribution in [0.15, 0.2) is 0 Å². The highest BCUT2D eigenvalue weighted by Crippen LogP contribution is 2.31. The van der Waals surface area contributed by atoms with Crippen molar-refractivity contribution >= 4 is 10.0 Å². The van der Waals surface area contributed by atoms with E-state index in [1.165, 1.54) is 4.31 Å². The molecule has 0 radical (unpaired) electrons. The highest BCUT2D eigenvalue weighted by Gasteiger charge is 2.36. The molecular weight excluding hydrogens is 252 g/mol. The van der Waals surface area contributed by atoms with Gasteiger partial charge in [0, 0.05) is 19.7 Å². The minimum Gasteiger partial charge on any atom is -0.377 e. The zero-order valence-electron chi connectivity index (χ0n) is 10.8. The van der Waals surface area contributed by atoms with Gasteiger partial charge in [0.25, 0.3) is 0 Å². The molecule has 0 aromatic heterocycles. The first-order valence-electron chi connectivity index (χ1n) is 6.46. The minimum atomic E-state index is -3.23. The Kier molecular flexibility index (Phi) is 3.95. The molecule has 102 valence electrons. The summed E-state index contributed by atoms with van der Waals surface area (Å²) in [5, 5.41) is 9.03. The summed E-state index contributed by atoms with van der Waals surface area (Å²) in [5.74, 6) is 0.0935. The number of hydrogen-bond donors (Lipinski definition) is 0. The molecule has 2 fully saturated rings. The molecule has 1 unspecified atom stereocenters. The average molecular weight is 272 g/mol. The summed E-state index contributed by atoms with van der Waals surface area (Å²) in [6.07, 6.45) is 2.89. The van der Waals surface area contributed by atoms with Crippen LogP contribution in [-0.4, -0.2) is 44.3 Å². The van der Waals surface area contributed by atoms with Crippen molar-refractivity contribution < 1.29 is 13.2 Å². The summed E-state index contributed by atoms with van der Waals surface area (Å²) < 4.78 is 31.3. The second kappa shape index (κ2) is 5.16. The molecule has 0 saturated carbocycles. The normalized spacial score (nSPS) is 29.0. The van der Waals surface area contributed by atoms with Crippen molar-refractivity contribution in [2.24, 2.45) is 5.41 Å². The number of hydrogen-bond acceptors (Lipinski definition) is 4. The van der Waals surface area contributed by atoms with Crippen LogP contribution >= 0.6 is 0 Å². The number of nitrogens with zero attached hydrogens (tertiary/aromatic N) is 2. The molecule has 0 aromatic carbocycles. The molecule has 0 spiro atoms. The van der Waals surface area contributed by atoms with Gasteiger partial charge in [0.15, 0.2) is 0 Å². The lowest BCUT2D eigenvalue weighted by atomic mass is 9.83. The van der Waals surface area contributed by atoms with Gasteiger partial charge in [-0.2, -0.15) is 5.26 Å². The molecule has 2 aliphatic heterocycles. The van der Waals surface area contributed by atoms with E-state index < -0.39 is 10.0 Å². The fourth-order valence-corrected chi connectivity index (χ4v) is 4.17. The molecule has 0 bridgehead atoms. The van der Waals surface area contributed by atoms with Crippen molar-refractivity contribution in [1.29, 1.82) is 5.26 Å². The van der Waals surface area contributed by atoms with Crippen LogP contribution in [-0.2, 0) is 14.8 Å². The van der Waals surface area contributed by atoms with Gasteiger partial charge >= 0.3 is 0 Å². The number of nitriles is 1. The van der Waals surface area contributed by atoms with E-state index in [4.69, 9.17) is 10.00 Å². The predicted octanol–water partition coefficient (Wildman–Crippen LogP) is 1.12. The van der Waals surface area contributed by atoms with Crippen LogP contribution in [0.2, 0.25) is 0 Å². The highest BCUT2D eigenvalue weighted by atomic mass is 32.2. The molecule has 0 aromatic rings. The van der Waals surface area contributed by atoms with Gasteiger partial charge in [0.1, 0.15) is 0 Å². The van der Waals surface area contributed by atoms with Gasteiger partial charge in [0.2, 0.25) is 10.0 Å². The third-order valence-corrected chi connectivity index (χ3v) is 5.85. The smallest absolute Gasteiger partial charge is 0.216 e. The SMILES string of the molecule is CC1(C#N)CCN(S(=O)(=O)CC2CCCO2)CC1. The molecule has 2 rings (SSSR count). The standard InChI is InChI=1S/C12H20N2O3S/c1-12(10-13)4-6-14(7-5-12)18(15,16)9-11-3-2-8-17-11/h11H,2-9H2,1H3. The predicted molar refractivity (Wildman–Crippen MR) is 67.3 cm³/mol. The second-order valence-corrected chi connectivity index (χ2v) is 7.50. The summed E-state index contributed by atoms with van der Waals surface area (Å²) in [6.45, 7) is 3.49. The lowest BCUT2D eigenvalue weighted by Gasteiger charge is -2.34. The third kappa shape index (κ3) is 3.02. The summed E-state index contributed by atoms with van der Waals surface area (Å²) in [4.78, 5) is 0. The quantitative estimate of drug-likeness (QED) is 0.772. The van der Waals surface area contributed by atoms with Crippen molar-refractivity contribution in [2.45, 2.75) is 38.7 Å². The Balaban J connectivity index is 1.94. The van der Waals surface area contributed by atoms with E-state index >= 15 is 0 Å². The van der Waals surface area contributed by atoms with Crippen LogP contribution in [0.3, 0.4) is 0 Å². The van der Waals surface area contributed by atoms with E-state index in [-0.39, 0.29) is 17.3 Å². The molecule has 2 heterocycles. The van der Waals surface area contributed by atoms with Gasteiger partial charge in [-0.1, -0.05) is 0 Å². The molecule has 6 heteroatoms. The molecule has 18 heavy (non-hydrogen) atoms. The van der Waals surface area contributed by atoms with Crippen LogP contribution in [0, 0.1) is 16.7 Å². The van der Waals surface area contributed by atoms with Crippen molar-refractivity contribution in [3.05, 3.63) is 0 Å². The van der Waals surface area contributed by atoms with Gasteiger partial charge in [-0.25, -0.2) is 12.7 Å². The summed E-state index contributed by atoms with van der Waals surface area (Å²) in [6, 6.07) is 2.28. The van der Waals surface area contributed by atoms with Crippen LogP contribution in [0.25, 0.3) is 0 Å². The second-order valence-electron chi connectivity index (χ2n) is 5.49. The van der Waals surface area contributed by atoms with Crippen molar-refractivity contribution in [3.63, 3.8) is 0 Å². The van der Waals surface area contributed by atoms with Gasteiger partial charge < -0.3 is 4.74 Å². The molecule has 0 aliphatic carbocycles. The fraction of sp³-hybridized carbons (Fsp3) is 0.917. The van der Waals surface area contributed by atoms with Gasteiger partial charge in [-0.15, -0.1) is 0 Å². The van der Waals surface area contributed by atoms with E-state index in [9.17, 15) is 8.42 Å². The van der Waals surface area contributed by atoms with Crippen LogP contribution < -0.4 is 0 Å². The van der Waals surface area contributed by atoms with Crippen LogP contribution in [0.5, 0.6) is 0 Å². The average Bonchev–Trinajstić information content (AvgIpc) is 2.82. The Hall–Kier alpha value is -0.640. The monoisotopic (exact) mass is 272 g/mol. The first kappa shape index (κ1) is 13.8. The minimum absolute atomic E-state index is 0.0935. The Labute approximate surface area is 109 Å². The topological polar surface area (TPSA) is 70.4 Å². The molecular formula is C12H20N2O3S. The Morgan fingerprint density at radius 3 is 2.61 bits per heavy atom. The maximum Gasteiger partial charge on any atom is 0.216 e. The Morgan fingerprint density at radius 1 is 1.44 bits per heavy atom. The molecule has 0 amide bonds. The van der Waals surface area contributed by atoms with Gasteiger partial charge in [-0.05, 0) is 32.6 Å². The summed E-state index contributed by atoms with van der Waals surface area (Å²) in [7, 11) is -3.23. The van der Waals surface area contributed by atoms with E-state index in [1.54, 1.807) is 0 Å². The first-order valence-corrected chi connectivity index (χ1v) is 8.07. The maximum absolute atomic E-state index is 12.2. The fourth-order valence-electron chi connectivity index (χ4n) is 2.49. The largest absolute Gasteiger partial charge is 0.377 e. The molecule has 0 N–H and O–H groups in total. The van der Waals surface area contributed by atoms with Crippen molar-refractivity contribution in [3.8, 4) is 6.07 Å². The number of sulfonamides is 1. The zero-order valence-corrected chi connectivity index (χ0v) is 11.6. The lowest BCUT2D eigenvalue weighted by Crippen LogP contribution is -2.44. The number of ether oxygens (including phenoxy) is 1. The van der Waals surface area contributed by atoms with Crippen LogP contribution in [0.1, 0.15) is 32.6 Å². The van der Waals surface area contributed by atoms with E-state index in [1.807, 2.05) is 6.92 Å². The van der Waals surface area contributed by atoms with E-state index in [0.29, 0.717) is 32.5 Å². The third-order valence-electron chi connectivity index (χ3n) is 3.91. The Bertz CT molecular complexity index is 427. The molecule has 1 atom stereocenters. The maximum atomic E-state index is 12.2. The number of piperidine rings is 1. The van der Waals surface area contributed by atoms with Crippen molar-refractivity contribution in [2.75, 3.05) is 25.4 Å². The van der Waals surface area contributed by atoms with E-state index in [2.05, 4.69) is 6.07 Å².